The fraction of sp³-hybridized carbons (Fsp3) is 0.238. The van der Waals surface area contributed by atoms with Gasteiger partial charge in [-0.05, 0) is 30.7 Å². The Hall–Kier alpha value is -2.68. The van der Waals surface area contributed by atoms with E-state index < -0.39 is 15.9 Å². The van der Waals surface area contributed by atoms with Gasteiger partial charge in [-0.25, -0.2) is 18.4 Å². The van der Waals surface area contributed by atoms with Crippen molar-refractivity contribution in [1.29, 1.82) is 0 Å². The number of aromatic nitrogens is 3. The molecular weight excluding hydrogens is 426 g/mol. The lowest BCUT2D eigenvalue weighted by molar-refractivity contribution is 0.121. The molecule has 0 amide bonds. The molecule has 3 heterocycles. The maximum Gasteiger partial charge on any atom is 0.238 e. The second-order valence-corrected chi connectivity index (χ2v) is 9.71. The number of hydrogen-bond acceptors (Lipinski definition) is 6. The molecular formula is C21H20ClN3O4S. The molecule has 7 nitrogen and oxygen atoms in total. The van der Waals surface area contributed by atoms with Gasteiger partial charge in [-0.3, -0.25) is 0 Å². The molecule has 3 aromatic heterocycles. The van der Waals surface area contributed by atoms with Crippen molar-refractivity contribution in [3.63, 3.8) is 0 Å². The molecule has 4 aromatic rings. The fourth-order valence-electron chi connectivity index (χ4n) is 3.29. The van der Waals surface area contributed by atoms with Gasteiger partial charge in [-0.15, -0.1) is 0 Å². The number of nitrogens with one attached hydrogen (secondary N) is 1. The molecule has 0 aliphatic rings. The number of pyridine rings is 2. The average Bonchev–Trinajstić information content (AvgIpc) is 3.11. The number of fused-ring (bicyclic) bond motifs is 3. The number of halogens is 1. The number of aliphatic hydroxyl groups excluding tert-OH is 1. The van der Waals surface area contributed by atoms with Gasteiger partial charge in [0.05, 0.1) is 21.8 Å². The molecule has 156 valence electrons. The van der Waals surface area contributed by atoms with Crippen LogP contribution in [0.4, 0.5) is 0 Å². The highest BCUT2D eigenvalue weighted by atomic mass is 35.5. The van der Waals surface area contributed by atoms with E-state index in [4.69, 9.17) is 16.3 Å². The van der Waals surface area contributed by atoms with Gasteiger partial charge in [0.25, 0.3) is 0 Å². The summed E-state index contributed by atoms with van der Waals surface area (Å²) in [5, 5.41) is 11.6. The Morgan fingerprint density at radius 2 is 2.03 bits per heavy atom. The number of benzene rings is 1. The van der Waals surface area contributed by atoms with Crippen LogP contribution in [0.1, 0.15) is 13.8 Å². The standard InChI is InChI=1S/C21H20ClN3O4S/c1-3-30(27,28)15-6-4-5-13(7-15)17-10-24-21(29-11-12(2)26)19-18(17)16-8-14(22)9-23-20(16)25-19/h4-10,12,26H,3,11H2,1-2H3,(H,23,25)/t12-/m1/s1. The number of sulfone groups is 1. The Balaban J connectivity index is 1.99. The molecule has 0 saturated carbocycles. The van der Waals surface area contributed by atoms with Crippen LogP contribution in [0.2, 0.25) is 5.02 Å². The normalized spacial score (nSPS) is 13.1. The van der Waals surface area contributed by atoms with E-state index in [-0.39, 0.29) is 17.3 Å². The molecule has 0 aliphatic carbocycles. The summed E-state index contributed by atoms with van der Waals surface area (Å²) < 4.78 is 30.4. The molecule has 30 heavy (non-hydrogen) atoms. The van der Waals surface area contributed by atoms with Gasteiger partial charge in [0, 0.05) is 28.7 Å². The van der Waals surface area contributed by atoms with Crippen LogP contribution in [-0.4, -0.2) is 46.9 Å². The molecule has 2 N–H and O–H groups in total. The van der Waals surface area contributed by atoms with Crippen molar-refractivity contribution in [3.8, 4) is 17.0 Å². The molecule has 0 fully saturated rings. The number of aromatic amines is 1. The minimum absolute atomic E-state index is 0.0167. The zero-order valence-corrected chi connectivity index (χ0v) is 18.0. The van der Waals surface area contributed by atoms with E-state index in [1.165, 1.54) is 6.20 Å². The minimum Gasteiger partial charge on any atom is -0.473 e. The van der Waals surface area contributed by atoms with Crippen LogP contribution in [0, 0.1) is 0 Å². The van der Waals surface area contributed by atoms with Crippen molar-refractivity contribution in [2.75, 3.05) is 12.4 Å². The maximum atomic E-state index is 12.4. The molecule has 4 rings (SSSR count). The van der Waals surface area contributed by atoms with Crippen LogP contribution in [0.5, 0.6) is 5.88 Å². The van der Waals surface area contributed by atoms with Gasteiger partial charge in [0.1, 0.15) is 17.8 Å². The number of aliphatic hydroxyl groups is 1. The second-order valence-electron chi connectivity index (χ2n) is 6.99. The van der Waals surface area contributed by atoms with Crippen LogP contribution in [0.15, 0.2) is 47.6 Å². The quantitative estimate of drug-likeness (QED) is 0.465. The lowest BCUT2D eigenvalue weighted by Crippen LogP contribution is -2.13. The van der Waals surface area contributed by atoms with E-state index in [0.717, 1.165) is 16.3 Å². The summed E-state index contributed by atoms with van der Waals surface area (Å²) in [6, 6.07) is 8.56. The molecule has 0 bridgehead atoms. The second kappa shape index (κ2) is 7.86. The summed E-state index contributed by atoms with van der Waals surface area (Å²) in [5.41, 5.74) is 2.62. The van der Waals surface area contributed by atoms with Crippen molar-refractivity contribution in [2.45, 2.75) is 24.8 Å². The van der Waals surface area contributed by atoms with Gasteiger partial charge in [0.2, 0.25) is 5.88 Å². The fourth-order valence-corrected chi connectivity index (χ4v) is 4.37. The Morgan fingerprint density at radius 3 is 2.77 bits per heavy atom. The Bertz CT molecular complexity index is 1350. The number of rotatable bonds is 6. The predicted molar refractivity (Wildman–Crippen MR) is 117 cm³/mol. The molecule has 1 atom stereocenters. The first-order valence-corrected chi connectivity index (χ1v) is 11.4. The average molecular weight is 446 g/mol. The summed E-state index contributed by atoms with van der Waals surface area (Å²) in [4.78, 5) is 12.2. The van der Waals surface area contributed by atoms with Crippen molar-refractivity contribution in [1.82, 2.24) is 15.0 Å². The minimum atomic E-state index is -3.36. The first-order chi connectivity index (χ1) is 14.3. The molecule has 1 aromatic carbocycles. The molecule has 0 aliphatic heterocycles. The van der Waals surface area contributed by atoms with Gasteiger partial charge in [-0.1, -0.05) is 30.7 Å². The monoisotopic (exact) mass is 445 g/mol. The molecule has 0 spiro atoms. The van der Waals surface area contributed by atoms with Crippen molar-refractivity contribution in [2.24, 2.45) is 0 Å². The van der Waals surface area contributed by atoms with Gasteiger partial charge < -0.3 is 14.8 Å². The molecule has 0 unspecified atom stereocenters. The predicted octanol–water partition coefficient (Wildman–Crippen LogP) is 3.98. The molecule has 0 radical (unpaired) electrons. The Labute approximate surface area is 178 Å². The van der Waals surface area contributed by atoms with E-state index in [1.54, 1.807) is 44.3 Å². The largest absolute Gasteiger partial charge is 0.473 e. The summed E-state index contributed by atoms with van der Waals surface area (Å²) in [6.07, 6.45) is 2.51. The lowest BCUT2D eigenvalue weighted by atomic mass is 10.0. The summed E-state index contributed by atoms with van der Waals surface area (Å²) in [6.45, 7) is 3.32. The van der Waals surface area contributed by atoms with Crippen LogP contribution < -0.4 is 4.74 Å². The number of hydrogen-bond donors (Lipinski definition) is 2. The SMILES string of the molecule is CCS(=O)(=O)c1cccc(-c2cnc(OC[C@@H](C)O)c3[nH]c4ncc(Cl)cc4c23)c1. The zero-order valence-electron chi connectivity index (χ0n) is 16.4. The lowest BCUT2D eigenvalue weighted by Gasteiger charge is -2.11. The van der Waals surface area contributed by atoms with Crippen LogP contribution >= 0.6 is 11.6 Å². The van der Waals surface area contributed by atoms with E-state index in [0.29, 0.717) is 27.6 Å². The van der Waals surface area contributed by atoms with Crippen molar-refractivity contribution < 1.29 is 18.3 Å². The van der Waals surface area contributed by atoms with Crippen molar-refractivity contribution in [3.05, 3.63) is 47.7 Å². The molecule has 9 heteroatoms. The Morgan fingerprint density at radius 1 is 1.23 bits per heavy atom. The number of ether oxygens (including phenoxy) is 1. The van der Waals surface area contributed by atoms with Gasteiger partial charge >= 0.3 is 0 Å². The van der Waals surface area contributed by atoms with E-state index in [2.05, 4.69) is 15.0 Å². The van der Waals surface area contributed by atoms with Crippen LogP contribution in [-0.2, 0) is 9.84 Å². The van der Waals surface area contributed by atoms with E-state index in [1.807, 2.05) is 6.07 Å². The number of nitrogens with zero attached hydrogens (tertiary/aromatic N) is 2. The third-order valence-electron chi connectivity index (χ3n) is 4.76. The first kappa shape index (κ1) is 20.6. The highest BCUT2D eigenvalue weighted by Crippen LogP contribution is 2.38. The maximum absolute atomic E-state index is 12.4. The smallest absolute Gasteiger partial charge is 0.238 e. The van der Waals surface area contributed by atoms with E-state index in [9.17, 15) is 13.5 Å². The van der Waals surface area contributed by atoms with E-state index >= 15 is 0 Å². The third-order valence-corrected chi connectivity index (χ3v) is 6.70. The zero-order chi connectivity index (χ0) is 21.5. The summed E-state index contributed by atoms with van der Waals surface area (Å²) in [5.74, 6) is 0.337. The summed E-state index contributed by atoms with van der Waals surface area (Å²) in [7, 11) is -3.36. The number of H-pyrrole nitrogens is 1. The summed E-state index contributed by atoms with van der Waals surface area (Å²) >= 11 is 6.19. The highest BCUT2D eigenvalue weighted by molar-refractivity contribution is 7.91. The third kappa shape index (κ3) is 3.74. The first-order valence-electron chi connectivity index (χ1n) is 9.40. The Kier molecular flexibility index (Phi) is 5.40. The van der Waals surface area contributed by atoms with Crippen LogP contribution in [0.25, 0.3) is 33.1 Å². The van der Waals surface area contributed by atoms with Crippen molar-refractivity contribution >= 4 is 43.4 Å². The van der Waals surface area contributed by atoms with Crippen LogP contribution in [0.3, 0.4) is 0 Å². The topological polar surface area (TPSA) is 105 Å². The highest BCUT2D eigenvalue weighted by Gasteiger charge is 2.19. The van der Waals surface area contributed by atoms with Gasteiger partial charge in [0.15, 0.2) is 9.84 Å². The van der Waals surface area contributed by atoms with Gasteiger partial charge in [-0.2, -0.15) is 0 Å². The molecule has 0 saturated heterocycles.